The third-order valence-corrected chi connectivity index (χ3v) is 3.72. The van der Waals surface area contributed by atoms with Gasteiger partial charge in [-0.3, -0.25) is 4.68 Å². The van der Waals surface area contributed by atoms with Gasteiger partial charge in [-0.25, -0.2) is 0 Å². The van der Waals surface area contributed by atoms with E-state index < -0.39 is 11.9 Å². The highest BCUT2D eigenvalue weighted by atomic mass is 32.1. The van der Waals surface area contributed by atoms with Crippen LogP contribution in [0.1, 0.15) is 17.0 Å². The Kier molecular flexibility index (Phi) is 3.13. The molecule has 0 aliphatic rings. The fourth-order valence-corrected chi connectivity index (χ4v) is 2.81. The van der Waals surface area contributed by atoms with Crippen molar-refractivity contribution >= 4 is 21.6 Å². The van der Waals surface area contributed by atoms with Gasteiger partial charge in [-0.2, -0.15) is 18.3 Å². The summed E-state index contributed by atoms with van der Waals surface area (Å²) in [6.45, 7) is 0.540. The molecule has 0 saturated heterocycles. The van der Waals surface area contributed by atoms with Gasteiger partial charge in [0.1, 0.15) is 4.83 Å². The number of rotatable bonds is 3. The quantitative estimate of drug-likeness (QED) is 0.924. The number of nitrogens with two attached hydrogens (primary N) is 1. The monoisotopic (exact) mass is 263 g/mol. The second-order valence-corrected chi connectivity index (χ2v) is 4.91. The van der Waals surface area contributed by atoms with Crippen LogP contribution in [-0.2, 0) is 19.6 Å². The molecule has 0 spiro atoms. The van der Waals surface area contributed by atoms with Gasteiger partial charge in [0.2, 0.25) is 0 Å². The summed E-state index contributed by atoms with van der Waals surface area (Å²) in [7, 11) is 1.53. The zero-order valence-corrected chi connectivity index (χ0v) is 10.0. The number of hydrogen-bond donors (Lipinski definition) is 1. The van der Waals surface area contributed by atoms with E-state index in [9.17, 15) is 13.2 Å². The lowest BCUT2D eigenvalue weighted by molar-refractivity contribution is -0.140. The van der Waals surface area contributed by atoms with Crippen LogP contribution in [0.15, 0.2) is 6.07 Å². The number of halogens is 3. The van der Waals surface area contributed by atoms with Gasteiger partial charge in [-0.05, 0) is 25.5 Å². The molecule has 0 unspecified atom stereocenters. The second-order valence-electron chi connectivity index (χ2n) is 3.79. The maximum atomic E-state index is 12.7. The van der Waals surface area contributed by atoms with Crippen LogP contribution >= 0.6 is 11.3 Å². The average molecular weight is 263 g/mol. The van der Waals surface area contributed by atoms with Crippen molar-refractivity contribution in [3.8, 4) is 0 Å². The SMILES string of the molecule is Cn1nc(C(F)(F)F)c2cc(CCCN)sc21. The van der Waals surface area contributed by atoms with E-state index in [1.807, 2.05) is 0 Å². The lowest BCUT2D eigenvalue weighted by Gasteiger charge is -2.01. The maximum absolute atomic E-state index is 12.7. The Morgan fingerprint density at radius 1 is 1.47 bits per heavy atom. The summed E-state index contributed by atoms with van der Waals surface area (Å²) in [6, 6.07) is 1.57. The molecule has 0 aliphatic carbocycles. The van der Waals surface area contributed by atoms with Crippen LogP contribution in [0, 0.1) is 0 Å². The molecule has 2 N–H and O–H groups in total. The van der Waals surface area contributed by atoms with Crippen molar-refractivity contribution < 1.29 is 13.2 Å². The normalized spacial score (nSPS) is 12.5. The molecule has 0 bridgehead atoms. The van der Waals surface area contributed by atoms with Crippen LogP contribution in [0.2, 0.25) is 0 Å². The van der Waals surface area contributed by atoms with Gasteiger partial charge in [-0.1, -0.05) is 0 Å². The summed E-state index contributed by atoms with van der Waals surface area (Å²) in [6.07, 6.45) is -2.90. The van der Waals surface area contributed by atoms with Crippen LogP contribution in [0.25, 0.3) is 10.2 Å². The van der Waals surface area contributed by atoms with E-state index in [1.165, 1.54) is 23.1 Å². The van der Waals surface area contributed by atoms with Gasteiger partial charge in [0.15, 0.2) is 5.69 Å². The van der Waals surface area contributed by atoms with Crippen LogP contribution in [0.4, 0.5) is 13.2 Å². The molecule has 2 aromatic heterocycles. The molecular weight excluding hydrogens is 251 g/mol. The standard InChI is InChI=1S/C10H12F3N3S/c1-16-9-7(8(15-16)10(11,12)13)5-6(17-9)3-2-4-14/h5H,2-4,14H2,1H3. The molecule has 0 saturated carbocycles. The minimum atomic E-state index is -4.40. The predicted octanol–water partition coefficient (Wildman–Crippen LogP) is 2.54. The van der Waals surface area contributed by atoms with Gasteiger partial charge >= 0.3 is 6.18 Å². The van der Waals surface area contributed by atoms with E-state index in [-0.39, 0.29) is 5.39 Å². The van der Waals surface area contributed by atoms with Crippen molar-refractivity contribution in [2.24, 2.45) is 12.8 Å². The molecule has 0 aromatic carbocycles. The minimum absolute atomic E-state index is 0.192. The molecule has 3 nitrogen and oxygen atoms in total. The third-order valence-electron chi connectivity index (χ3n) is 2.46. The molecular formula is C10H12F3N3S. The van der Waals surface area contributed by atoms with E-state index >= 15 is 0 Å². The summed E-state index contributed by atoms with van der Waals surface area (Å²) in [5, 5.41) is 3.71. The zero-order chi connectivity index (χ0) is 12.6. The second kappa shape index (κ2) is 4.30. The molecule has 0 radical (unpaired) electrons. The number of aryl methyl sites for hydroxylation is 2. The predicted molar refractivity (Wildman–Crippen MR) is 61.0 cm³/mol. The first-order valence-corrected chi connectivity index (χ1v) is 5.98. The number of alkyl halides is 3. The van der Waals surface area contributed by atoms with Crippen molar-refractivity contribution in [1.29, 1.82) is 0 Å². The van der Waals surface area contributed by atoms with E-state index in [0.29, 0.717) is 17.8 Å². The molecule has 0 amide bonds. The average Bonchev–Trinajstić information content (AvgIpc) is 2.75. The summed E-state index contributed by atoms with van der Waals surface area (Å²) >= 11 is 1.35. The van der Waals surface area contributed by atoms with Crippen molar-refractivity contribution in [3.63, 3.8) is 0 Å². The van der Waals surface area contributed by atoms with Crippen LogP contribution in [0.3, 0.4) is 0 Å². The number of hydrogen-bond acceptors (Lipinski definition) is 3. The Morgan fingerprint density at radius 3 is 2.76 bits per heavy atom. The van der Waals surface area contributed by atoms with Crippen LogP contribution < -0.4 is 5.73 Å². The fraction of sp³-hybridized carbons (Fsp3) is 0.500. The van der Waals surface area contributed by atoms with Gasteiger partial charge in [0.05, 0.1) is 0 Å². The maximum Gasteiger partial charge on any atom is 0.435 e. The molecule has 0 aliphatic heterocycles. The van der Waals surface area contributed by atoms with Crippen LogP contribution in [0.5, 0.6) is 0 Å². The Hall–Kier alpha value is -1.08. The Balaban J connectivity index is 2.46. The lowest BCUT2D eigenvalue weighted by atomic mass is 10.2. The summed E-state index contributed by atoms with van der Waals surface area (Å²) in [5.74, 6) is 0. The minimum Gasteiger partial charge on any atom is -0.330 e. The molecule has 7 heteroatoms. The van der Waals surface area contributed by atoms with Gasteiger partial charge < -0.3 is 5.73 Å². The zero-order valence-electron chi connectivity index (χ0n) is 9.21. The largest absolute Gasteiger partial charge is 0.435 e. The number of fused-ring (bicyclic) bond motifs is 1. The first-order valence-electron chi connectivity index (χ1n) is 5.16. The molecule has 94 valence electrons. The highest BCUT2D eigenvalue weighted by molar-refractivity contribution is 7.18. The highest BCUT2D eigenvalue weighted by Crippen LogP contribution is 2.37. The topological polar surface area (TPSA) is 43.8 Å². The molecule has 17 heavy (non-hydrogen) atoms. The first-order chi connectivity index (χ1) is 7.93. The van der Waals surface area contributed by atoms with Crippen molar-refractivity contribution in [3.05, 3.63) is 16.6 Å². The molecule has 2 rings (SSSR count). The first kappa shape index (κ1) is 12.4. The van der Waals surface area contributed by atoms with Crippen LogP contribution in [-0.4, -0.2) is 16.3 Å². The lowest BCUT2D eigenvalue weighted by Crippen LogP contribution is -2.07. The molecule has 2 aromatic rings. The van der Waals surface area contributed by atoms with E-state index in [2.05, 4.69) is 5.10 Å². The van der Waals surface area contributed by atoms with Gasteiger partial charge in [0.25, 0.3) is 0 Å². The summed E-state index contributed by atoms with van der Waals surface area (Å²) < 4.78 is 39.4. The molecule has 2 heterocycles. The number of nitrogens with zero attached hydrogens (tertiary/aromatic N) is 2. The van der Waals surface area contributed by atoms with Crippen molar-refractivity contribution in [2.75, 3.05) is 6.54 Å². The number of aromatic nitrogens is 2. The van der Waals surface area contributed by atoms with E-state index in [1.54, 1.807) is 6.07 Å². The van der Waals surface area contributed by atoms with E-state index in [0.717, 1.165) is 11.3 Å². The van der Waals surface area contributed by atoms with E-state index in [4.69, 9.17) is 5.73 Å². The van der Waals surface area contributed by atoms with Crippen molar-refractivity contribution in [1.82, 2.24) is 9.78 Å². The Morgan fingerprint density at radius 2 is 2.18 bits per heavy atom. The van der Waals surface area contributed by atoms with Crippen molar-refractivity contribution in [2.45, 2.75) is 19.0 Å². The molecule has 0 fully saturated rings. The summed E-state index contributed by atoms with van der Waals surface area (Å²) in [4.78, 5) is 1.48. The Labute approximate surface area is 100 Å². The molecule has 0 atom stereocenters. The Bertz CT molecular complexity index is 527. The summed E-state index contributed by atoms with van der Waals surface area (Å²) in [5.41, 5.74) is 4.58. The number of thiophene rings is 1. The van der Waals surface area contributed by atoms with Gasteiger partial charge in [0, 0.05) is 17.3 Å². The van der Waals surface area contributed by atoms with Gasteiger partial charge in [-0.15, -0.1) is 11.3 Å². The fourth-order valence-electron chi connectivity index (χ4n) is 1.70. The third kappa shape index (κ3) is 2.30. The highest BCUT2D eigenvalue weighted by Gasteiger charge is 2.37. The smallest absolute Gasteiger partial charge is 0.330 e.